The van der Waals surface area contributed by atoms with Crippen LogP contribution < -0.4 is 10.9 Å². The molecule has 0 saturated heterocycles. The van der Waals surface area contributed by atoms with E-state index in [1.807, 2.05) is 32.2 Å². The van der Waals surface area contributed by atoms with Gasteiger partial charge in [-0.3, -0.25) is 4.79 Å². The number of pyridine rings is 1. The largest absolute Gasteiger partial charge is 0.393 e. The summed E-state index contributed by atoms with van der Waals surface area (Å²) < 4.78 is 1.77. The van der Waals surface area contributed by atoms with Gasteiger partial charge in [0, 0.05) is 18.3 Å². The summed E-state index contributed by atoms with van der Waals surface area (Å²) in [4.78, 5) is 12.3. The lowest BCUT2D eigenvalue weighted by molar-refractivity contribution is 0.103. The summed E-state index contributed by atoms with van der Waals surface area (Å²) in [6.07, 6.45) is 5.07. The Morgan fingerprint density at radius 2 is 2.22 bits per heavy atom. The first-order valence-electron chi connectivity index (χ1n) is 6.73. The van der Waals surface area contributed by atoms with Crippen molar-refractivity contribution in [3.63, 3.8) is 0 Å². The van der Waals surface area contributed by atoms with E-state index in [0.717, 1.165) is 19.3 Å². The molecule has 1 aromatic rings. The van der Waals surface area contributed by atoms with Gasteiger partial charge < -0.3 is 15.0 Å². The van der Waals surface area contributed by atoms with Crippen LogP contribution in [0.2, 0.25) is 0 Å². The van der Waals surface area contributed by atoms with Crippen LogP contribution in [-0.4, -0.2) is 21.8 Å². The molecule has 0 radical (unpaired) electrons. The molecule has 0 spiro atoms. The van der Waals surface area contributed by atoms with Crippen molar-refractivity contribution in [1.29, 1.82) is 0 Å². The van der Waals surface area contributed by atoms with Crippen LogP contribution in [0.5, 0.6) is 0 Å². The van der Waals surface area contributed by atoms with Crippen LogP contribution in [-0.2, 0) is 0 Å². The first-order valence-corrected chi connectivity index (χ1v) is 6.73. The highest BCUT2D eigenvalue weighted by Crippen LogP contribution is 2.27. The Kier molecular flexibility index (Phi) is 4.07. The fourth-order valence-corrected chi connectivity index (χ4v) is 2.61. The Bertz CT molecular complexity index is 453. The smallest absolute Gasteiger partial charge is 0.274 e. The summed E-state index contributed by atoms with van der Waals surface area (Å²) in [6, 6.07) is 4.09. The Morgan fingerprint density at radius 1 is 1.44 bits per heavy atom. The monoisotopic (exact) mass is 250 g/mol. The summed E-state index contributed by atoms with van der Waals surface area (Å²) in [7, 11) is 0. The molecule has 2 N–H and O–H groups in total. The predicted molar refractivity (Wildman–Crippen MR) is 73.0 cm³/mol. The third-order valence-corrected chi connectivity index (χ3v) is 3.43. The summed E-state index contributed by atoms with van der Waals surface area (Å²) in [5.74, 6) is 0. The maximum absolute atomic E-state index is 12.3. The topological polar surface area (TPSA) is 54.3 Å². The molecule has 2 atom stereocenters. The Balaban J connectivity index is 2.25. The number of hydrogen-bond acceptors (Lipinski definition) is 3. The van der Waals surface area contributed by atoms with Gasteiger partial charge in [-0.25, -0.2) is 0 Å². The maximum Gasteiger partial charge on any atom is 0.274 e. The van der Waals surface area contributed by atoms with E-state index in [1.165, 1.54) is 0 Å². The SMILES string of the molecule is CC(C)Nc1cccn([C@@H]2CCC[C@H](O)C2)c1=O. The lowest BCUT2D eigenvalue weighted by atomic mass is 9.93. The van der Waals surface area contributed by atoms with Crippen molar-refractivity contribution in [1.82, 2.24) is 4.57 Å². The zero-order chi connectivity index (χ0) is 13.1. The van der Waals surface area contributed by atoms with Crippen LogP contribution in [0, 0.1) is 0 Å². The average Bonchev–Trinajstić information content (AvgIpc) is 2.31. The molecule has 0 aliphatic heterocycles. The van der Waals surface area contributed by atoms with Crippen LogP contribution in [0.3, 0.4) is 0 Å². The third kappa shape index (κ3) is 2.93. The summed E-state index contributed by atoms with van der Waals surface area (Å²) in [6.45, 7) is 4.03. The van der Waals surface area contributed by atoms with E-state index in [9.17, 15) is 9.90 Å². The van der Waals surface area contributed by atoms with Crippen molar-refractivity contribution < 1.29 is 5.11 Å². The van der Waals surface area contributed by atoms with Crippen molar-refractivity contribution >= 4 is 5.69 Å². The van der Waals surface area contributed by atoms with E-state index in [0.29, 0.717) is 12.1 Å². The molecule has 0 amide bonds. The van der Waals surface area contributed by atoms with Gasteiger partial charge in [0.05, 0.1) is 6.10 Å². The second kappa shape index (κ2) is 5.57. The highest BCUT2D eigenvalue weighted by molar-refractivity contribution is 5.41. The quantitative estimate of drug-likeness (QED) is 0.864. The van der Waals surface area contributed by atoms with Gasteiger partial charge in [0.1, 0.15) is 5.69 Å². The number of nitrogens with one attached hydrogen (secondary N) is 1. The molecule has 1 aromatic heterocycles. The normalized spacial score (nSPS) is 24.2. The molecule has 1 fully saturated rings. The van der Waals surface area contributed by atoms with Gasteiger partial charge in [0.15, 0.2) is 0 Å². The first kappa shape index (κ1) is 13.1. The molecule has 4 nitrogen and oxygen atoms in total. The lowest BCUT2D eigenvalue weighted by Gasteiger charge is -2.28. The van der Waals surface area contributed by atoms with Crippen LogP contribution >= 0.6 is 0 Å². The molecule has 1 aliphatic rings. The third-order valence-electron chi connectivity index (χ3n) is 3.43. The van der Waals surface area contributed by atoms with Crippen molar-refractivity contribution in [2.24, 2.45) is 0 Å². The molecule has 0 aromatic carbocycles. The number of aliphatic hydroxyl groups is 1. The van der Waals surface area contributed by atoms with Crippen LogP contribution in [0.25, 0.3) is 0 Å². The lowest BCUT2D eigenvalue weighted by Crippen LogP contribution is -2.32. The molecular weight excluding hydrogens is 228 g/mol. The zero-order valence-electron chi connectivity index (χ0n) is 11.1. The summed E-state index contributed by atoms with van der Waals surface area (Å²) in [5, 5.41) is 12.9. The molecule has 4 heteroatoms. The van der Waals surface area contributed by atoms with Gasteiger partial charge in [0.25, 0.3) is 5.56 Å². The molecule has 1 heterocycles. The molecule has 100 valence electrons. The average molecular weight is 250 g/mol. The second-order valence-electron chi connectivity index (χ2n) is 5.41. The highest BCUT2D eigenvalue weighted by Gasteiger charge is 2.22. The van der Waals surface area contributed by atoms with Gasteiger partial charge in [-0.05, 0) is 51.7 Å². The van der Waals surface area contributed by atoms with Crippen molar-refractivity contribution in [3.05, 3.63) is 28.7 Å². The fraction of sp³-hybridized carbons (Fsp3) is 0.643. The summed E-state index contributed by atoms with van der Waals surface area (Å²) >= 11 is 0. The standard InChI is InChI=1S/C14H22N2O2/c1-10(2)15-13-7-4-8-16(14(13)18)11-5-3-6-12(17)9-11/h4,7-8,10-12,15,17H,3,5-6,9H2,1-2H3/t11-,12+/m1/s1. The minimum Gasteiger partial charge on any atom is -0.393 e. The fourth-order valence-electron chi connectivity index (χ4n) is 2.61. The number of anilines is 1. The van der Waals surface area contributed by atoms with E-state index >= 15 is 0 Å². The number of nitrogens with zero attached hydrogens (tertiary/aromatic N) is 1. The Morgan fingerprint density at radius 3 is 2.89 bits per heavy atom. The summed E-state index contributed by atoms with van der Waals surface area (Å²) in [5.41, 5.74) is 0.665. The number of hydrogen-bond donors (Lipinski definition) is 2. The molecule has 1 saturated carbocycles. The predicted octanol–water partition coefficient (Wildman–Crippen LogP) is 2.14. The van der Waals surface area contributed by atoms with E-state index in [1.54, 1.807) is 4.57 Å². The number of aliphatic hydroxyl groups excluding tert-OH is 1. The number of rotatable bonds is 3. The molecule has 0 bridgehead atoms. The van der Waals surface area contributed by atoms with Gasteiger partial charge in [-0.2, -0.15) is 0 Å². The zero-order valence-corrected chi connectivity index (χ0v) is 11.1. The minimum atomic E-state index is -0.266. The minimum absolute atomic E-state index is 0.0188. The molecule has 2 rings (SSSR count). The van der Waals surface area contributed by atoms with E-state index < -0.39 is 0 Å². The van der Waals surface area contributed by atoms with E-state index in [2.05, 4.69) is 5.32 Å². The van der Waals surface area contributed by atoms with Crippen LogP contribution in [0.15, 0.2) is 23.1 Å². The Hall–Kier alpha value is -1.29. The molecule has 1 aliphatic carbocycles. The molecular formula is C14H22N2O2. The van der Waals surface area contributed by atoms with Crippen molar-refractivity contribution in [2.75, 3.05) is 5.32 Å². The van der Waals surface area contributed by atoms with Crippen LogP contribution in [0.1, 0.15) is 45.6 Å². The van der Waals surface area contributed by atoms with Gasteiger partial charge in [0.2, 0.25) is 0 Å². The Labute approximate surface area is 108 Å². The van der Waals surface area contributed by atoms with Crippen molar-refractivity contribution in [2.45, 2.75) is 57.7 Å². The van der Waals surface area contributed by atoms with E-state index in [4.69, 9.17) is 0 Å². The van der Waals surface area contributed by atoms with Crippen LogP contribution in [0.4, 0.5) is 5.69 Å². The van der Waals surface area contributed by atoms with Gasteiger partial charge in [-0.1, -0.05) is 0 Å². The highest BCUT2D eigenvalue weighted by atomic mass is 16.3. The second-order valence-corrected chi connectivity index (χ2v) is 5.41. The number of aromatic nitrogens is 1. The molecule has 0 unspecified atom stereocenters. The molecule has 18 heavy (non-hydrogen) atoms. The van der Waals surface area contributed by atoms with Gasteiger partial charge >= 0.3 is 0 Å². The van der Waals surface area contributed by atoms with Crippen molar-refractivity contribution in [3.8, 4) is 0 Å². The van der Waals surface area contributed by atoms with E-state index in [-0.39, 0.29) is 23.7 Å². The van der Waals surface area contributed by atoms with Gasteiger partial charge in [-0.15, -0.1) is 0 Å². The maximum atomic E-state index is 12.3. The first-order chi connectivity index (χ1) is 8.58.